The van der Waals surface area contributed by atoms with Crippen LogP contribution in [0.15, 0.2) is 0 Å². The molecule has 1 N–H and O–H groups in total. The Bertz CT molecular complexity index is 115. The molecule has 0 saturated carbocycles. The van der Waals surface area contributed by atoms with Crippen LogP contribution in [0.5, 0.6) is 0 Å². The highest BCUT2D eigenvalue weighted by molar-refractivity contribution is 4.54. The van der Waals surface area contributed by atoms with Gasteiger partial charge in [0.05, 0.1) is 13.2 Å². The minimum atomic E-state index is -1.07. The molecule has 0 radical (unpaired) electrons. The van der Waals surface area contributed by atoms with Crippen LogP contribution in [-0.2, 0) is 9.57 Å². The van der Waals surface area contributed by atoms with Gasteiger partial charge >= 0.3 is 0 Å². The van der Waals surface area contributed by atoms with Gasteiger partial charge in [0, 0.05) is 13.1 Å². The maximum atomic E-state index is 9.27. The van der Waals surface area contributed by atoms with Crippen molar-refractivity contribution in [3.8, 4) is 0 Å². The fraction of sp³-hybridized carbons (Fsp3) is 1.00. The molecule has 66 valence electrons. The van der Waals surface area contributed by atoms with Gasteiger partial charge in [-0.3, -0.25) is 4.84 Å². The van der Waals surface area contributed by atoms with Gasteiger partial charge in [-0.2, -0.15) is 5.06 Å². The first-order valence-electron chi connectivity index (χ1n) is 3.82. The first-order valence-corrected chi connectivity index (χ1v) is 3.82. The summed E-state index contributed by atoms with van der Waals surface area (Å²) in [6.07, 6.45) is 0. The Kier molecular flexibility index (Phi) is 2.84. The summed E-state index contributed by atoms with van der Waals surface area (Å²) in [5, 5.41) is 11.0. The second-order valence-electron chi connectivity index (χ2n) is 3.08. The molecule has 0 aliphatic carbocycles. The molecule has 0 spiro atoms. The van der Waals surface area contributed by atoms with Gasteiger partial charge in [0.2, 0.25) is 0 Å². The molecular weight excluding hydrogens is 146 g/mol. The van der Waals surface area contributed by atoms with E-state index in [4.69, 9.17) is 9.57 Å². The third-order valence-corrected chi connectivity index (χ3v) is 1.32. The topological polar surface area (TPSA) is 41.9 Å². The molecule has 0 amide bonds. The van der Waals surface area contributed by atoms with Crippen LogP contribution >= 0.6 is 0 Å². The van der Waals surface area contributed by atoms with E-state index in [1.165, 1.54) is 0 Å². The smallest absolute Gasteiger partial charge is 0.179 e. The van der Waals surface area contributed by atoms with E-state index >= 15 is 0 Å². The van der Waals surface area contributed by atoms with Gasteiger partial charge in [-0.1, -0.05) is 0 Å². The Balaban J connectivity index is 2.24. The lowest BCUT2D eigenvalue weighted by molar-refractivity contribution is -0.325. The predicted octanol–water partition coefficient (Wildman–Crippen LogP) is -0.0214. The highest BCUT2D eigenvalue weighted by Gasteiger charge is 2.20. The number of aliphatic hydroxyl groups is 1. The average molecular weight is 161 g/mol. The zero-order valence-corrected chi connectivity index (χ0v) is 7.04. The summed E-state index contributed by atoms with van der Waals surface area (Å²) in [5.41, 5.74) is 0. The Morgan fingerprint density at radius 1 is 1.36 bits per heavy atom. The fourth-order valence-electron chi connectivity index (χ4n) is 0.954. The Hall–Kier alpha value is -0.160. The third kappa shape index (κ3) is 3.67. The molecule has 0 aromatic heterocycles. The number of hydroxylamine groups is 2. The first kappa shape index (κ1) is 8.93. The van der Waals surface area contributed by atoms with Crippen LogP contribution in [0.2, 0.25) is 0 Å². The molecule has 4 nitrogen and oxygen atoms in total. The van der Waals surface area contributed by atoms with Crippen molar-refractivity contribution in [1.82, 2.24) is 5.06 Å². The highest BCUT2D eigenvalue weighted by Crippen LogP contribution is 2.08. The summed E-state index contributed by atoms with van der Waals surface area (Å²) in [6.45, 7) is 6.03. The van der Waals surface area contributed by atoms with Crippen LogP contribution in [-0.4, -0.2) is 42.3 Å². The van der Waals surface area contributed by atoms with E-state index in [0.717, 1.165) is 13.1 Å². The van der Waals surface area contributed by atoms with Crippen LogP contribution in [0.3, 0.4) is 0 Å². The van der Waals surface area contributed by atoms with E-state index in [9.17, 15) is 5.11 Å². The van der Waals surface area contributed by atoms with Crippen molar-refractivity contribution >= 4 is 0 Å². The Morgan fingerprint density at radius 3 is 2.36 bits per heavy atom. The average Bonchev–Trinajstić information content (AvgIpc) is 1.85. The number of hydrogen-bond acceptors (Lipinski definition) is 4. The molecule has 0 bridgehead atoms. The minimum Gasteiger partial charge on any atom is -0.379 e. The van der Waals surface area contributed by atoms with Gasteiger partial charge in [-0.25, -0.2) is 0 Å². The van der Waals surface area contributed by atoms with Gasteiger partial charge in [0.25, 0.3) is 0 Å². The van der Waals surface area contributed by atoms with Gasteiger partial charge < -0.3 is 9.84 Å². The van der Waals surface area contributed by atoms with Gasteiger partial charge in [-0.05, 0) is 13.8 Å². The monoisotopic (exact) mass is 161 g/mol. The van der Waals surface area contributed by atoms with Crippen molar-refractivity contribution in [2.75, 3.05) is 26.3 Å². The Labute approximate surface area is 66.7 Å². The zero-order chi connectivity index (χ0) is 8.32. The van der Waals surface area contributed by atoms with Crippen molar-refractivity contribution in [3.63, 3.8) is 0 Å². The summed E-state index contributed by atoms with van der Waals surface area (Å²) < 4.78 is 5.11. The summed E-state index contributed by atoms with van der Waals surface area (Å²) in [7, 11) is 0. The van der Waals surface area contributed by atoms with Crippen LogP contribution < -0.4 is 0 Å². The summed E-state index contributed by atoms with van der Waals surface area (Å²) in [5.74, 6) is -1.07. The zero-order valence-electron chi connectivity index (χ0n) is 7.04. The number of hydrogen-bond donors (Lipinski definition) is 1. The van der Waals surface area contributed by atoms with Crippen molar-refractivity contribution in [2.45, 2.75) is 19.6 Å². The maximum Gasteiger partial charge on any atom is 0.179 e. The van der Waals surface area contributed by atoms with Crippen molar-refractivity contribution in [1.29, 1.82) is 0 Å². The number of nitrogens with zero attached hydrogens (tertiary/aromatic N) is 1. The van der Waals surface area contributed by atoms with Crippen molar-refractivity contribution < 1.29 is 14.7 Å². The second kappa shape index (κ2) is 3.49. The lowest BCUT2D eigenvalue weighted by Crippen LogP contribution is -2.42. The van der Waals surface area contributed by atoms with Gasteiger partial charge in [0.1, 0.15) is 0 Å². The largest absolute Gasteiger partial charge is 0.379 e. The molecular formula is C7H15NO3. The molecule has 0 atom stereocenters. The van der Waals surface area contributed by atoms with E-state index in [2.05, 4.69) is 0 Å². The predicted molar refractivity (Wildman–Crippen MR) is 39.8 cm³/mol. The van der Waals surface area contributed by atoms with Gasteiger partial charge in [-0.15, -0.1) is 0 Å². The molecule has 0 unspecified atom stereocenters. The normalized spacial score (nSPS) is 22.1. The maximum absolute atomic E-state index is 9.27. The quantitative estimate of drug-likeness (QED) is 0.578. The third-order valence-electron chi connectivity index (χ3n) is 1.32. The van der Waals surface area contributed by atoms with Gasteiger partial charge in [0.15, 0.2) is 5.79 Å². The molecule has 1 aliphatic rings. The van der Waals surface area contributed by atoms with E-state index in [1.54, 1.807) is 18.9 Å². The molecule has 1 fully saturated rings. The first-order chi connectivity index (χ1) is 5.08. The van der Waals surface area contributed by atoms with E-state index in [1.807, 2.05) is 0 Å². The van der Waals surface area contributed by atoms with Crippen molar-refractivity contribution in [3.05, 3.63) is 0 Å². The molecule has 0 aromatic rings. The van der Waals surface area contributed by atoms with Crippen molar-refractivity contribution in [2.24, 2.45) is 0 Å². The summed E-state index contributed by atoms with van der Waals surface area (Å²) in [6, 6.07) is 0. The second-order valence-corrected chi connectivity index (χ2v) is 3.08. The van der Waals surface area contributed by atoms with Crippen LogP contribution in [0.25, 0.3) is 0 Å². The molecule has 0 aromatic carbocycles. The lowest BCUT2D eigenvalue weighted by Gasteiger charge is -2.31. The molecule has 1 aliphatic heterocycles. The minimum absolute atomic E-state index is 0.677. The van der Waals surface area contributed by atoms with Crippen LogP contribution in [0, 0.1) is 0 Å². The lowest BCUT2D eigenvalue weighted by atomic mass is 10.4. The summed E-state index contributed by atoms with van der Waals surface area (Å²) >= 11 is 0. The van der Waals surface area contributed by atoms with Crippen LogP contribution in [0.4, 0.5) is 0 Å². The number of ether oxygens (including phenoxy) is 1. The number of morpholine rings is 1. The highest BCUT2D eigenvalue weighted by atomic mass is 16.8. The SMILES string of the molecule is CC(C)(O)ON1CCOCC1. The Morgan fingerprint density at radius 2 is 1.91 bits per heavy atom. The molecule has 1 saturated heterocycles. The van der Waals surface area contributed by atoms with E-state index < -0.39 is 5.79 Å². The number of rotatable bonds is 2. The fourth-order valence-corrected chi connectivity index (χ4v) is 0.954. The van der Waals surface area contributed by atoms with E-state index in [0.29, 0.717) is 13.2 Å². The van der Waals surface area contributed by atoms with Crippen LogP contribution in [0.1, 0.15) is 13.8 Å². The summed E-state index contributed by atoms with van der Waals surface area (Å²) in [4.78, 5) is 5.19. The molecule has 4 heteroatoms. The molecule has 11 heavy (non-hydrogen) atoms. The molecule has 1 rings (SSSR count). The standard InChI is InChI=1S/C7H15NO3/c1-7(2,9)11-8-3-5-10-6-4-8/h9H,3-6H2,1-2H3. The molecule has 1 heterocycles. The van der Waals surface area contributed by atoms with E-state index in [-0.39, 0.29) is 0 Å².